The molecule has 1 amide bonds. The molecule has 2 heterocycles. The number of H-pyrrole nitrogens is 1. The molecule has 1 saturated heterocycles. The van der Waals surface area contributed by atoms with Gasteiger partial charge in [-0.2, -0.15) is 0 Å². The van der Waals surface area contributed by atoms with Gasteiger partial charge in [-0.1, -0.05) is 0 Å². The Morgan fingerprint density at radius 2 is 2.08 bits per heavy atom. The molecule has 1 aliphatic heterocycles. The number of hydrogen-bond donors (Lipinski definition) is 2. The Morgan fingerprint density at radius 1 is 1.32 bits per heavy atom. The van der Waals surface area contributed by atoms with E-state index < -0.39 is 11.1 Å². The SMILES string of the molecule is CCn1c(=O)c(=O)[nH]c2cc(C(=O)N3CCCCC3CN)ccc21.Cl. The van der Waals surface area contributed by atoms with E-state index in [0.717, 1.165) is 19.3 Å². The lowest BCUT2D eigenvalue weighted by molar-refractivity contribution is 0.0623. The van der Waals surface area contributed by atoms with Crippen molar-refractivity contribution in [3.8, 4) is 0 Å². The van der Waals surface area contributed by atoms with Gasteiger partial charge in [0.15, 0.2) is 0 Å². The van der Waals surface area contributed by atoms with Crippen LogP contribution in [0.3, 0.4) is 0 Å². The fourth-order valence-corrected chi connectivity index (χ4v) is 3.41. The number of aryl methyl sites for hydroxylation is 1. The molecule has 1 atom stereocenters. The van der Waals surface area contributed by atoms with Gasteiger partial charge in [0.25, 0.3) is 5.91 Å². The first kappa shape index (κ1) is 19.2. The highest BCUT2D eigenvalue weighted by Gasteiger charge is 2.26. The number of nitrogens with one attached hydrogen (secondary N) is 1. The number of fused-ring (bicyclic) bond motifs is 1. The first-order valence-corrected chi connectivity index (χ1v) is 8.34. The van der Waals surface area contributed by atoms with Gasteiger partial charge in [0.1, 0.15) is 0 Å². The Labute approximate surface area is 151 Å². The molecule has 0 radical (unpaired) electrons. The molecule has 0 bridgehead atoms. The molecule has 1 fully saturated rings. The fraction of sp³-hybridized carbons (Fsp3) is 0.471. The summed E-state index contributed by atoms with van der Waals surface area (Å²) in [5, 5.41) is 0. The van der Waals surface area contributed by atoms with Gasteiger partial charge in [-0.15, -0.1) is 12.4 Å². The van der Waals surface area contributed by atoms with Crippen LogP contribution in [-0.2, 0) is 6.54 Å². The lowest BCUT2D eigenvalue weighted by atomic mass is 10.0. The number of likely N-dealkylation sites (tertiary alicyclic amines) is 1. The summed E-state index contributed by atoms with van der Waals surface area (Å²) >= 11 is 0. The Balaban J connectivity index is 0.00000225. The lowest BCUT2D eigenvalue weighted by Crippen LogP contribution is -2.47. The van der Waals surface area contributed by atoms with E-state index in [1.807, 2.05) is 4.90 Å². The smallest absolute Gasteiger partial charge is 0.316 e. The number of hydrogen-bond acceptors (Lipinski definition) is 4. The summed E-state index contributed by atoms with van der Waals surface area (Å²) in [7, 11) is 0. The van der Waals surface area contributed by atoms with Crippen LogP contribution >= 0.6 is 12.4 Å². The van der Waals surface area contributed by atoms with E-state index in [9.17, 15) is 14.4 Å². The zero-order valence-electron chi connectivity index (χ0n) is 14.2. The van der Waals surface area contributed by atoms with Crippen LogP contribution in [0.1, 0.15) is 36.5 Å². The van der Waals surface area contributed by atoms with Crippen molar-refractivity contribution in [2.45, 2.75) is 38.8 Å². The van der Waals surface area contributed by atoms with Crippen LogP contribution in [0.15, 0.2) is 27.8 Å². The minimum Gasteiger partial charge on any atom is -0.334 e. The Bertz CT molecular complexity index is 890. The van der Waals surface area contributed by atoms with Gasteiger partial charge in [0.05, 0.1) is 11.0 Å². The number of aromatic amines is 1. The minimum absolute atomic E-state index is 0. The summed E-state index contributed by atoms with van der Waals surface area (Å²) in [5.41, 5.74) is 6.15. The van der Waals surface area contributed by atoms with Crippen LogP contribution in [0, 0.1) is 0 Å². The van der Waals surface area contributed by atoms with Crippen molar-refractivity contribution in [1.82, 2.24) is 14.5 Å². The fourth-order valence-electron chi connectivity index (χ4n) is 3.41. The van der Waals surface area contributed by atoms with E-state index in [1.54, 1.807) is 25.1 Å². The molecule has 1 unspecified atom stereocenters. The molecule has 3 rings (SSSR count). The molecule has 25 heavy (non-hydrogen) atoms. The number of aromatic nitrogens is 2. The van der Waals surface area contributed by atoms with Crippen LogP contribution in [0.5, 0.6) is 0 Å². The van der Waals surface area contributed by atoms with Crippen molar-refractivity contribution >= 4 is 29.3 Å². The average molecular weight is 367 g/mol. The van der Waals surface area contributed by atoms with E-state index in [2.05, 4.69) is 4.98 Å². The largest absolute Gasteiger partial charge is 0.334 e. The molecule has 7 nitrogen and oxygen atoms in total. The van der Waals surface area contributed by atoms with Gasteiger partial charge in [0.2, 0.25) is 0 Å². The second-order valence-corrected chi connectivity index (χ2v) is 6.12. The highest BCUT2D eigenvalue weighted by molar-refractivity contribution is 5.97. The highest BCUT2D eigenvalue weighted by atomic mass is 35.5. The molecular formula is C17H23ClN4O3. The van der Waals surface area contributed by atoms with Crippen molar-refractivity contribution in [1.29, 1.82) is 0 Å². The third-order valence-corrected chi connectivity index (χ3v) is 4.70. The summed E-state index contributed by atoms with van der Waals surface area (Å²) in [6.45, 7) is 3.35. The van der Waals surface area contributed by atoms with Crippen LogP contribution in [0.2, 0.25) is 0 Å². The molecular weight excluding hydrogens is 344 g/mol. The second kappa shape index (κ2) is 7.84. The second-order valence-electron chi connectivity index (χ2n) is 6.12. The van der Waals surface area contributed by atoms with E-state index in [-0.39, 0.29) is 24.4 Å². The molecule has 0 spiro atoms. The van der Waals surface area contributed by atoms with Gasteiger partial charge >= 0.3 is 11.1 Å². The number of benzene rings is 1. The maximum absolute atomic E-state index is 12.8. The van der Waals surface area contributed by atoms with Crippen molar-refractivity contribution < 1.29 is 4.79 Å². The number of rotatable bonds is 3. The van der Waals surface area contributed by atoms with E-state index in [1.165, 1.54) is 4.57 Å². The molecule has 8 heteroatoms. The maximum atomic E-state index is 12.8. The molecule has 1 aromatic carbocycles. The van der Waals surface area contributed by atoms with Gasteiger partial charge in [-0.3, -0.25) is 14.4 Å². The Kier molecular flexibility index (Phi) is 6.02. The predicted octanol–water partition coefficient (Wildman–Crippen LogP) is 1.08. The van der Waals surface area contributed by atoms with Crippen molar-refractivity contribution in [3.63, 3.8) is 0 Å². The summed E-state index contributed by atoms with van der Waals surface area (Å²) < 4.78 is 1.41. The minimum atomic E-state index is -0.674. The molecule has 2 aromatic rings. The van der Waals surface area contributed by atoms with Gasteiger partial charge in [-0.25, -0.2) is 0 Å². The first-order valence-electron chi connectivity index (χ1n) is 8.34. The van der Waals surface area contributed by atoms with E-state index in [4.69, 9.17) is 5.73 Å². The van der Waals surface area contributed by atoms with Crippen LogP contribution in [-0.4, -0.2) is 39.5 Å². The van der Waals surface area contributed by atoms with Gasteiger partial charge in [0, 0.05) is 31.2 Å². The number of amides is 1. The third kappa shape index (κ3) is 3.48. The van der Waals surface area contributed by atoms with E-state index >= 15 is 0 Å². The van der Waals surface area contributed by atoms with Crippen LogP contribution in [0.4, 0.5) is 0 Å². The number of halogens is 1. The lowest BCUT2D eigenvalue weighted by Gasteiger charge is -2.35. The Morgan fingerprint density at radius 3 is 2.76 bits per heavy atom. The molecule has 0 aliphatic carbocycles. The summed E-state index contributed by atoms with van der Waals surface area (Å²) in [4.78, 5) is 40.9. The topological polar surface area (TPSA) is 101 Å². The van der Waals surface area contributed by atoms with Crippen LogP contribution < -0.4 is 16.9 Å². The first-order chi connectivity index (χ1) is 11.6. The molecule has 136 valence electrons. The normalized spacial score (nSPS) is 17.4. The van der Waals surface area contributed by atoms with Crippen molar-refractivity contribution in [3.05, 3.63) is 44.5 Å². The number of carbonyl (C=O) groups excluding carboxylic acids is 1. The summed E-state index contributed by atoms with van der Waals surface area (Å²) in [6.07, 6.45) is 2.98. The number of piperidine rings is 1. The monoisotopic (exact) mass is 366 g/mol. The quantitative estimate of drug-likeness (QED) is 0.794. The maximum Gasteiger partial charge on any atom is 0.316 e. The Hall–Kier alpha value is -2.12. The number of nitrogens with zero attached hydrogens (tertiary/aromatic N) is 2. The molecule has 1 aromatic heterocycles. The van der Waals surface area contributed by atoms with Crippen LogP contribution in [0.25, 0.3) is 11.0 Å². The highest BCUT2D eigenvalue weighted by Crippen LogP contribution is 2.20. The zero-order chi connectivity index (χ0) is 17.3. The van der Waals surface area contributed by atoms with E-state index in [0.29, 0.717) is 36.2 Å². The molecule has 0 saturated carbocycles. The van der Waals surface area contributed by atoms with Gasteiger partial charge in [-0.05, 0) is 44.4 Å². The number of nitrogens with two attached hydrogens (primary N) is 1. The molecule has 1 aliphatic rings. The summed E-state index contributed by atoms with van der Waals surface area (Å²) in [6, 6.07) is 5.12. The third-order valence-electron chi connectivity index (χ3n) is 4.70. The van der Waals surface area contributed by atoms with Crippen molar-refractivity contribution in [2.75, 3.05) is 13.1 Å². The predicted molar refractivity (Wildman–Crippen MR) is 99.5 cm³/mol. The van der Waals surface area contributed by atoms with Crippen molar-refractivity contribution in [2.24, 2.45) is 5.73 Å². The number of carbonyl (C=O) groups is 1. The van der Waals surface area contributed by atoms with Gasteiger partial charge < -0.3 is 20.2 Å². The summed E-state index contributed by atoms with van der Waals surface area (Å²) in [5.74, 6) is -0.0813. The average Bonchev–Trinajstić information content (AvgIpc) is 2.61. The standard InChI is InChI=1S/C17H22N4O3.ClH/c1-2-20-14-7-6-11(9-13(14)19-15(22)17(20)24)16(23)21-8-4-3-5-12(21)10-18;/h6-7,9,12H,2-5,8,10,18H2,1H3,(H,19,22);1H. The molecule has 3 N–H and O–H groups in total. The zero-order valence-corrected chi connectivity index (χ0v) is 15.0.